The predicted octanol–water partition coefficient (Wildman–Crippen LogP) is -0.251. The van der Waals surface area contributed by atoms with Gasteiger partial charge in [0.05, 0.1) is 11.3 Å². The molecule has 6 heteroatoms. The third kappa shape index (κ3) is 2.34. The molecule has 0 saturated carbocycles. The van der Waals surface area contributed by atoms with Gasteiger partial charge in [-0.05, 0) is 13.8 Å². The zero-order valence-corrected chi connectivity index (χ0v) is 9.21. The largest absolute Gasteiger partial charge is 0.302 e. The van der Waals surface area contributed by atoms with Crippen molar-refractivity contribution in [1.82, 2.24) is 15.9 Å². The summed E-state index contributed by atoms with van der Waals surface area (Å²) in [4.78, 5) is 22.3. The lowest BCUT2D eigenvalue weighted by Crippen LogP contribution is -2.36. The lowest BCUT2D eigenvalue weighted by atomic mass is 10.1. The maximum absolute atomic E-state index is 11.6. The smallest absolute Gasteiger partial charge is 0.277 e. The van der Waals surface area contributed by atoms with Gasteiger partial charge in [0.2, 0.25) is 5.91 Å². The van der Waals surface area contributed by atoms with Crippen LogP contribution in [-0.4, -0.2) is 29.6 Å². The van der Waals surface area contributed by atoms with Crippen LogP contribution in [0.2, 0.25) is 0 Å². The average molecular weight is 210 g/mol. The zero-order chi connectivity index (χ0) is 11.6. The van der Waals surface area contributed by atoms with Crippen LogP contribution >= 0.6 is 0 Å². The maximum atomic E-state index is 11.6. The van der Waals surface area contributed by atoms with Crippen molar-refractivity contribution in [3.05, 3.63) is 11.3 Å². The van der Waals surface area contributed by atoms with Crippen LogP contribution in [0.3, 0.4) is 0 Å². The van der Waals surface area contributed by atoms with E-state index >= 15 is 0 Å². The number of hydrogen-bond donors (Lipinski definition) is 2. The monoisotopic (exact) mass is 210 g/mol. The third-order valence-corrected chi connectivity index (χ3v) is 1.97. The number of likely N-dealkylation sites (N-methyl/N-ethyl adjacent to an activating group) is 1. The molecule has 1 heterocycles. The fourth-order valence-corrected chi connectivity index (χ4v) is 1.31. The molecular weight excluding hydrogens is 196 g/mol. The molecule has 1 aliphatic heterocycles. The normalized spacial score (nSPS) is 18.8. The summed E-state index contributed by atoms with van der Waals surface area (Å²) in [5, 5.41) is 5.26. The Kier molecular flexibility index (Phi) is 3.08. The molecule has 0 aromatic heterocycles. The maximum Gasteiger partial charge on any atom is 0.277 e. The van der Waals surface area contributed by atoms with Gasteiger partial charge in [0.15, 0.2) is 0 Å². The van der Waals surface area contributed by atoms with Crippen molar-refractivity contribution in [2.45, 2.75) is 20.8 Å². The predicted molar refractivity (Wildman–Crippen MR) is 55.5 cm³/mol. The molecule has 0 atom stereocenters. The quantitative estimate of drug-likeness (QED) is 0.487. The zero-order valence-electron chi connectivity index (χ0n) is 9.21. The van der Waals surface area contributed by atoms with E-state index in [1.807, 2.05) is 0 Å². The van der Waals surface area contributed by atoms with Gasteiger partial charge in [-0.3, -0.25) is 15.0 Å². The van der Waals surface area contributed by atoms with E-state index in [1.54, 1.807) is 20.9 Å². The number of hydrazine groups is 1. The Bertz CT molecular complexity index is 370. The van der Waals surface area contributed by atoms with Crippen LogP contribution in [0, 0.1) is 0 Å². The van der Waals surface area contributed by atoms with E-state index in [1.165, 1.54) is 11.9 Å². The molecule has 0 aromatic rings. The second-order valence-corrected chi connectivity index (χ2v) is 3.32. The second kappa shape index (κ2) is 4.12. The van der Waals surface area contributed by atoms with Crippen LogP contribution in [-0.2, 0) is 9.59 Å². The van der Waals surface area contributed by atoms with Crippen LogP contribution in [0.25, 0.3) is 0 Å². The summed E-state index contributed by atoms with van der Waals surface area (Å²) in [6, 6.07) is 0. The van der Waals surface area contributed by atoms with Crippen molar-refractivity contribution in [3.63, 3.8) is 0 Å². The van der Waals surface area contributed by atoms with Crippen molar-refractivity contribution < 1.29 is 9.59 Å². The van der Waals surface area contributed by atoms with Gasteiger partial charge in [-0.25, -0.2) is 5.01 Å². The van der Waals surface area contributed by atoms with Crippen molar-refractivity contribution in [3.8, 4) is 0 Å². The van der Waals surface area contributed by atoms with Crippen molar-refractivity contribution in [2.24, 2.45) is 5.10 Å². The number of nitrogens with one attached hydrogen (secondary N) is 2. The molecule has 0 fully saturated rings. The van der Waals surface area contributed by atoms with Gasteiger partial charge in [0.1, 0.15) is 0 Å². The molecule has 1 aliphatic rings. The Morgan fingerprint density at radius 3 is 2.33 bits per heavy atom. The summed E-state index contributed by atoms with van der Waals surface area (Å²) in [5.74, 6) is -0.397. The van der Waals surface area contributed by atoms with Crippen LogP contribution in [0.4, 0.5) is 0 Å². The molecule has 0 unspecified atom stereocenters. The number of carbonyl (C=O) groups excluding carboxylic acids is 2. The Hall–Kier alpha value is -1.85. The minimum atomic E-state index is -0.219. The minimum absolute atomic E-state index is 0.178. The molecule has 2 N–H and O–H groups in total. The molecule has 0 saturated heterocycles. The first kappa shape index (κ1) is 11.2. The van der Waals surface area contributed by atoms with Gasteiger partial charge in [-0.2, -0.15) is 5.10 Å². The number of amides is 2. The van der Waals surface area contributed by atoms with Gasteiger partial charge in [0.25, 0.3) is 5.91 Å². The second-order valence-electron chi connectivity index (χ2n) is 3.32. The van der Waals surface area contributed by atoms with Crippen LogP contribution < -0.4 is 10.9 Å². The Balaban J connectivity index is 2.85. The van der Waals surface area contributed by atoms with E-state index in [2.05, 4.69) is 16.0 Å². The fourth-order valence-electron chi connectivity index (χ4n) is 1.31. The van der Waals surface area contributed by atoms with Gasteiger partial charge < -0.3 is 5.43 Å². The highest BCUT2D eigenvalue weighted by Gasteiger charge is 2.26. The molecular formula is C9H14N4O2. The highest BCUT2D eigenvalue weighted by atomic mass is 16.2. The van der Waals surface area contributed by atoms with Gasteiger partial charge in [0, 0.05) is 19.7 Å². The fraction of sp³-hybridized carbons (Fsp3) is 0.444. The number of hydrogen-bond acceptors (Lipinski definition) is 4. The molecule has 82 valence electrons. The first-order chi connectivity index (χ1) is 6.93. The van der Waals surface area contributed by atoms with Crippen molar-refractivity contribution in [1.29, 1.82) is 0 Å². The van der Waals surface area contributed by atoms with Gasteiger partial charge in [-0.1, -0.05) is 0 Å². The summed E-state index contributed by atoms with van der Waals surface area (Å²) >= 11 is 0. The van der Waals surface area contributed by atoms with Gasteiger partial charge >= 0.3 is 0 Å². The van der Waals surface area contributed by atoms with E-state index in [0.717, 1.165) is 0 Å². The molecule has 0 bridgehead atoms. The summed E-state index contributed by atoms with van der Waals surface area (Å²) in [6.07, 6.45) is 0. The summed E-state index contributed by atoms with van der Waals surface area (Å²) < 4.78 is 0. The minimum Gasteiger partial charge on any atom is -0.302 e. The first-order valence-corrected chi connectivity index (χ1v) is 4.50. The molecule has 0 radical (unpaired) electrons. The standard InChI is InChI=1S/C9H14N4O2/c1-5(10-11-7(3)14)8-6(2)12-13(4)9(8)15/h10H,1-4H3,(H,11,14)/b8-5-. The van der Waals surface area contributed by atoms with E-state index in [9.17, 15) is 9.59 Å². The van der Waals surface area contributed by atoms with Gasteiger partial charge in [-0.15, -0.1) is 0 Å². The Morgan fingerprint density at radius 1 is 1.33 bits per heavy atom. The third-order valence-electron chi connectivity index (χ3n) is 1.97. The molecule has 1 rings (SSSR count). The van der Waals surface area contributed by atoms with Crippen molar-refractivity contribution in [2.75, 3.05) is 7.05 Å². The van der Waals surface area contributed by atoms with E-state index < -0.39 is 0 Å². The molecule has 15 heavy (non-hydrogen) atoms. The van der Waals surface area contributed by atoms with Crippen molar-refractivity contribution >= 4 is 17.5 Å². The van der Waals surface area contributed by atoms with E-state index in [-0.39, 0.29) is 11.8 Å². The first-order valence-electron chi connectivity index (χ1n) is 4.50. The van der Waals surface area contributed by atoms with Crippen LogP contribution in [0.15, 0.2) is 16.4 Å². The lowest BCUT2D eigenvalue weighted by Gasteiger charge is -2.09. The number of rotatable bonds is 2. The van der Waals surface area contributed by atoms with E-state index in [0.29, 0.717) is 17.0 Å². The lowest BCUT2D eigenvalue weighted by molar-refractivity contribution is -0.124. The van der Waals surface area contributed by atoms with E-state index in [4.69, 9.17) is 0 Å². The average Bonchev–Trinajstić information content (AvgIpc) is 2.37. The summed E-state index contributed by atoms with van der Waals surface area (Å²) in [7, 11) is 1.59. The van der Waals surface area contributed by atoms with Crippen LogP contribution in [0.1, 0.15) is 20.8 Å². The summed E-state index contributed by atoms with van der Waals surface area (Å²) in [6.45, 7) is 4.84. The molecule has 2 amide bonds. The summed E-state index contributed by atoms with van der Waals surface area (Å²) in [5.41, 5.74) is 6.78. The van der Waals surface area contributed by atoms with Crippen LogP contribution in [0.5, 0.6) is 0 Å². The number of hydrazone groups is 1. The number of nitrogens with zero attached hydrogens (tertiary/aromatic N) is 2. The Labute approximate surface area is 88.0 Å². The molecule has 0 aliphatic carbocycles. The topological polar surface area (TPSA) is 73.8 Å². The molecule has 0 spiro atoms. The number of allylic oxidation sites excluding steroid dienone is 1. The molecule has 6 nitrogen and oxygen atoms in total. The Morgan fingerprint density at radius 2 is 1.93 bits per heavy atom. The molecule has 0 aromatic carbocycles. The number of carbonyl (C=O) groups is 2. The SMILES string of the molecule is CC(=O)NN/C(C)=C1\C(=O)N(C)N=C1C. The highest BCUT2D eigenvalue weighted by Crippen LogP contribution is 2.15. The highest BCUT2D eigenvalue weighted by molar-refractivity contribution is 6.24.